The number of hydrogen-bond donors (Lipinski definition) is 0. The molecule has 0 aliphatic rings. The Balaban J connectivity index is 1.69. The molecule has 32 heavy (non-hydrogen) atoms. The summed E-state index contributed by atoms with van der Waals surface area (Å²) in [5.41, 5.74) is 1.96. The van der Waals surface area contributed by atoms with Crippen molar-refractivity contribution in [2.75, 3.05) is 0 Å². The van der Waals surface area contributed by atoms with Gasteiger partial charge in [-0.15, -0.1) is 0 Å². The predicted octanol–water partition coefficient (Wildman–Crippen LogP) is 6.44. The van der Waals surface area contributed by atoms with E-state index in [2.05, 4.69) is 15.9 Å². The molecular formula is C26H21BrO4S. The Morgan fingerprint density at radius 3 is 1.69 bits per heavy atom. The second-order valence-corrected chi connectivity index (χ2v) is 9.90. The minimum Gasteiger partial charge on any atom is -0.485 e. The zero-order valence-corrected chi connectivity index (χ0v) is 19.6. The van der Waals surface area contributed by atoms with E-state index < -0.39 is 9.84 Å². The molecule has 0 unspecified atom stereocenters. The number of benzene rings is 4. The van der Waals surface area contributed by atoms with Gasteiger partial charge < -0.3 is 9.47 Å². The second kappa shape index (κ2) is 10.0. The maximum Gasteiger partial charge on any atom is 0.206 e. The average Bonchev–Trinajstić information content (AvgIpc) is 2.83. The van der Waals surface area contributed by atoms with E-state index in [0.717, 1.165) is 11.1 Å². The molecule has 0 atom stereocenters. The summed E-state index contributed by atoms with van der Waals surface area (Å²) in [6.07, 6.45) is 0. The van der Waals surface area contributed by atoms with Crippen LogP contribution in [0.15, 0.2) is 117 Å². The van der Waals surface area contributed by atoms with Crippen LogP contribution < -0.4 is 9.47 Å². The Bertz CT molecular complexity index is 1280. The SMILES string of the molecule is O=S(=O)(c1ccccc1)c1cc(Br)c(OCc2ccccc2)c(OCc2ccccc2)c1. The lowest BCUT2D eigenvalue weighted by Crippen LogP contribution is -2.06. The molecule has 0 heterocycles. The molecule has 0 N–H and O–H groups in total. The molecule has 4 nitrogen and oxygen atoms in total. The van der Waals surface area contributed by atoms with Crippen LogP contribution in [0.3, 0.4) is 0 Å². The van der Waals surface area contributed by atoms with Crippen molar-refractivity contribution in [1.82, 2.24) is 0 Å². The van der Waals surface area contributed by atoms with Crippen molar-refractivity contribution in [3.05, 3.63) is 119 Å². The van der Waals surface area contributed by atoms with E-state index in [1.165, 1.54) is 6.07 Å². The van der Waals surface area contributed by atoms with Crippen LogP contribution in [0, 0.1) is 0 Å². The first-order valence-corrected chi connectivity index (χ1v) is 12.3. The van der Waals surface area contributed by atoms with Crippen LogP contribution >= 0.6 is 15.9 Å². The van der Waals surface area contributed by atoms with Gasteiger partial charge in [0.1, 0.15) is 13.2 Å². The molecular weight excluding hydrogens is 488 g/mol. The third kappa shape index (κ3) is 5.21. The minimum absolute atomic E-state index is 0.130. The normalized spacial score (nSPS) is 11.2. The van der Waals surface area contributed by atoms with E-state index >= 15 is 0 Å². The summed E-state index contributed by atoms with van der Waals surface area (Å²) in [4.78, 5) is 0.351. The van der Waals surface area contributed by atoms with E-state index in [1.54, 1.807) is 36.4 Å². The van der Waals surface area contributed by atoms with E-state index in [9.17, 15) is 8.42 Å². The fourth-order valence-electron chi connectivity index (χ4n) is 3.15. The minimum atomic E-state index is -3.72. The first-order chi connectivity index (χ1) is 15.5. The quantitative estimate of drug-likeness (QED) is 0.274. The molecule has 0 saturated heterocycles. The smallest absolute Gasteiger partial charge is 0.206 e. The Morgan fingerprint density at radius 2 is 1.12 bits per heavy atom. The van der Waals surface area contributed by atoms with Crippen LogP contribution in [0.2, 0.25) is 0 Å². The van der Waals surface area contributed by atoms with Crippen LogP contribution in [0.1, 0.15) is 11.1 Å². The summed E-state index contributed by atoms with van der Waals surface area (Å²) in [5.74, 6) is 0.811. The highest BCUT2D eigenvalue weighted by Gasteiger charge is 2.22. The molecule has 0 saturated carbocycles. The molecule has 4 rings (SSSR count). The van der Waals surface area contributed by atoms with Crippen molar-refractivity contribution < 1.29 is 17.9 Å². The molecule has 6 heteroatoms. The zero-order chi connectivity index (χ0) is 22.4. The highest BCUT2D eigenvalue weighted by atomic mass is 79.9. The number of ether oxygens (including phenoxy) is 2. The molecule has 0 aliphatic carbocycles. The van der Waals surface area contributed by atoms with Gasteiger partial charge in [0, 0.05) is 6.07 Å². The third-order valence-corrected chi connectivity index (χ3v) is 7.15. The lowest BCUT2D eigenvalue weighted by Gasteiger charge is -2.17. The molecule has 0 radical (unpaired) electrons. The molecule has 4 aromatic carbocycles. The number of sulfone groups is 1. The van der Waals surface area contributed by atoms with Crippen molar-refractivity contribution >= 4 is 25.8 Å². The molecule has 0 fully saturated rings. The summed E-state index contributed by atoms with van der Waals surface area (Å²) in [6, 6.07) is 30.9. The van der Waals surface area contributed by atoms with Gasteiger partial charge in [-0.05, 0) is 45.3 Å². The Morgan fingerprint density at radius 1 is 0.625 bits per heavy atom. The number of halogens is 1. The second-order valence-electron chi connectivity index (χ2n) is 7.10. The molecule has 0 amide bonds. The average molecular weight is 509 g/mol. The maximum atomic E-state index is 13.2. The topological polar surface area (TPSA) is 52.6 Å². The zero-order valence-electron chi connectivity index (χ0n) is 17.1. The van der Waals surface area contributed by atoms with Crippen molar-refractivity contribution in [3.8, 4) is 11.5 Å². The molecule has 0 bridgehead atoms. The summed E-state index contributed by atoms with van der Waals surface area (Å²) in [6.45, 7) is 0.607. The van der Waals surface area contributed by atoms with Crippen molar-refractivity contribution in [3.63, 3.8) is 0 Å². The maximum absolute atomic E-state index is 13.2. The van der Waals surface area contributed by atoms with Gasteiger partial charge in [-0.1, -0.05) is 78.9 Å². The standard InChI is InChI=1S/C26H21BrO4S/c27-24-16-23(32(28,29)22-14-8-3-9-15-22)17-25(30-18-20-10-4-1-5-11-20)26(24)31-19-21-12-6-2-7-13-21/h1-17H,18-19H2. The fraction of sp³-hybridized carbons (Fsp3) is 0.0769. The lowest BCUT2D eigenvalue weighted by molar-refractivity contribution is 0.254. The van der Waals surface area contributed by atoms with Gasteiger partial charge in [0.2, 0.25) is 9.84 Å². The lowest BCUT2D eigenvalue weighted by atomic mass is 10.2. The summed E-state index contributed by atoms with van der Waals surface area (Å²) in [7, 11) is -3.72. The Kier molecular flexibility index (Phi) is 6.93. The van der Waals surface area contributed by atoms with Gasteiger partial charge >= 0.3 is 0 Å². The highest BCUT2D eigenvalue weighted by Crippen LogP contribution is 2.40. The first kappa shape index (κ1) is 22.1. The van der Waals surface area contributed by atoms with Crippen LogP contribution in [0.5, 0.6) is 11.5 Å². The van der Waals surface area contributed by atoms with Gasteiger partial charge in [0.05, 0.1) is 14.3 Å². The van der Waals surface area contributed by atoms with Gasteiger partial charge in [0.15, 0.2) is 11.5 Å². The molecule has 0 aromatic heterocycles. The van der Waals surface area contributed by atoms with Gasteiger partial charge in [-0.25, -0.2) is 8.42 Å². The highest BCUT2D eigenvalue weighted by molar-refractivity contribution is 9.10. The van der Waals surface area contributed by atoms with Crippen molar-refractivity contribution in [1.29, 1.82) is 0 Å². The van der Waals surface area contributed by atoms with Crippen LogP contribution in [-0.2, 0) is 23.1 Å². The summed E-state index contributed by atoms with van der Waals surface area (Å²) >= 11 is 3.49. The largest absolute Gasteiger partial charge is 0.485 e. The Hall–Kier alpha value is -3.09. The molecule has 0 spiro atoms. The van der Waals surface area contributed by atoms with Crippen molar-refractivity contribution in [2.45, 2.75) is 23.0 Å². The molecule has 0 aliphatic heterocycles. The fourth-order valence-corrected chi connectivity index (χ4v) is 5.18. The van der Waals surface area contributed by atoms with E-state index in [4.69, 9.17) is 9.47 Å². The van der Waals surface area contributed by atoms with E-state index in [-0.39, 0.29) is 16.4 Å². The van der Waals surface area contributed by atoms with Crippen LogP contribution in [0.25, 0.3) is 0 Å². The van der Waals surface area contributed by atoms with Crippen molar-refractivity contribution in [2.24, 2.45) is 0 Å². The van der Waals surface area contributed by atoms with Crippen LogP contribution in [0.4, 0.5) is 0 Å². The molecule has 162 valence electrons. The molecule has 4 aromatic rings. The summed E-state index contributed by atoms with van der Waals surface area (Å²) in [5, 5.41) is 0. The van der Waals surface area contributed by atoms with E-state index in [1.807, 2.05) is 60.7 Å². The van der Waals surface area contributed by atoms with Gasteiger partial charge in [0.25, 0.3) is 0 Å². The third-order valence-electron chi connectivity index (χ3n) is 4.81. The van der Waals surface area contributed by atoms with Gasteiger partial charge in [-0.3, -0.25) is 0 Å². The van der Waals surface area contributed by atoms with Crippen LogP contribution in [-0.4, -0.2) is 8.42 Å². The first-order valence-electron chi connectivity index (χ1n) is 10.0. The predicted molar refractivity (Wildman–Crippen MR) is 128 cm³/mol. The summed E-state index contributed by atoms with van der Waals surface area (Å²) < 4.78 is 39.0. The van der Waals surface area contributed by atoms with E-state index in [0.29, 0.717) is 22.6 Å². The number of rotatable bonds is 8. The monoisotopic (exact) mass is 508 g/mol. The van der Waals surface area contributed by atoms with Gasteiger partial charge in [-0.2, -0.15) is 0 Å². The number of hydrogen-bond acceptors (Lipinski definition) is 4. The Labute approximate surface area is 196 Å².